The predicted molar refractivity (Wildman–Crippen MR) is 65.5 cm³/mol. The van der Waals surface area contributed by atoms with Gasteiger partial charge in [0, 0.05) is 18.7 Å². The maximum Gasteiger partial charge on any atom is 0.414 e. The molecular weight excluding hydrogens is 218 g/mol. The Bertz CT molecular complexity index is 339. The van der Waals surface area contributed by atoms with Gasteiger partial charge in [0.15, 0.2) is 5.78 Å². The Labute approximate surface area is 103 Å². The van der Waals surface area contributed by atoms with Crippen LogP contribution in [0.15, 0.2) is 12.3 Å². The fourth-order valence-corrected chi connectivity index (χ4v) is 1.71. The SMILES string of the molecule is CC(C)[C@H]1CC(=O)C=CN1C(=O)OC(C)(C)C. The minimum atomic E-state index is -0.520. The van der Waals surface area contributed by atoms with Crippen LogP contribution in [0.25, 0.3) is 0 Å². The zero-order valence-corrected chi connectivity index (χ0v) is 11.2. The van der Waals surface area contributed by atoms with Gasteiger partial charge in [0.25, 0.3) is 0 Å². The number of amides is 1. The summed E-state index contributed by atoms with van der Waals surface area (Å²) < 4.78 is 5.32. The number of allylic oxidation sites excluding steroid dienone is 1. The Kier molecular flexibility index (Phi) is 3.96. The Morgan fingerprint density at radius 2 is 2.06 bits per heavy atom. The normalized spacial score (nSPS) is 20.9. The Balaban J connectivity index is 2.83. The fourth-order valence-electron chi connectivity index (χ4n) is 1.71. The highest BCUT2D eigenvalue weighted by molar-refractivity contribution is 5.92. The summed E-state index contributed by atoms with van der Waals surface area (Å²) in [5.41, 5.74) is -0.520. The Hall–Kier alpha value is -1.32. The molecule has 1 rings (SSSR count). The summed E-state index contributed by atoms with van der Waals surface area (Å²) >= 11 is 0. The third-order valence-electron chi connectivity index (χ3n) is 2.56. The van der Waals surface area contributed by atoms with Gasteiger partial charge in [-0.1, -0.05) is 13.8 Å². The van der Waals surface area contributed by atoms with Crippen LogP contribution >= 0.6 is 0 Å². The summed E-state index contributed by atoms with van der Waals surface area (Å²) in [5.74, 6) is 0.278. The lowest BCUT2D eigenvalue weighted by atomic mass is 9.95. The van der Waals surface area contributed by atoms with Gasteiger partial charge in [0.1, 0.15) is 5.60 Å². The van der Waals surface area contributed by atoms with E-state index in [1.165, 1.54) is 17.2 Å². The van der Waals surface area contributed by atoms with E-state index in [1.807, 2.05) is 34.6 Å². The van der Waals surface area contributed by atoms with Crippen molar-refractivity contribution in [2.75, 3.05) is 0 Å². The van der Waals surface area contributed by atoms with Crippen LogP contribution in [0.1, 0.15) is 41.0 Å². The van der Waals surface area contributed by atoms with E-state index < -0.39 is 5.60 Å². The van der Waals surface area contributed by atoms with Crippen molar-refractivity contribution in [3.63, 3.8) is 0 Å². The van der Waals surface area contributed by atoms with E-state index in [1.54, 1.807) is 0 Å². The minimum Gasteiger partial charge on any atom is -0.443 e. The maximum absolute atomic E-state index is 12.0. The standard InChI is InChI=1S/C13H21NO3/c1-9(2)11-8-10(15)6-7-14(11)12(16)17-13(3,4)5/h6-7,9,11H,8H2,1-5H3/t11-/m1/s1. The molecule has 1 amide bonds. The molecule has 96 valence electrons. The van der Waals surface area contributed by atoms with E-state index in [2.05, 4.69) is 0 Å². The van der Waals surface area contributed by atoms with Crippen molar-refractivity contribution in [2.24, 2.45) is 5.92 Å². The third-order valence-corrected chi connectivity index (χ3v) is 2.56. The number of carbonyl (C=O) groups excluding carboxylic acids is 2. The summed E-state index contributed by atoms with van der Waals surface area (Å²) in [6.45, 7) is 9.47. The molecule has 1 aliphatic heterocycles. The van der Waals surface area contributed by atoms with Gasteiger partial charge in [-0.05, 0) is 32.8 Å². The molecule has 1 heterocycles. The zero-order valence-electron chi connectivity index (χ0n) is 11.2. The van der Waals surface area contributed by atoms with Gasteiger partial charge >= 0.3 is 6.09 Å². The van der Waals surface area contributed by atoms with E-state index in [9.17, 15) is 9.59 Å². The van der Waals surface area contributed by atoms with Gasteiger partial charge in [-0.15, -0.1) is 0 Å². The second-order valence-corrected chi connectivity index (χ2v) is 5.69. The van der Waals surface area contributed by atoms with Crippen molar-refractivity contribution in [1.29, 1.82) is 0 Å². The molecule has 1 aliphatic rings. The van der Waals surface area contributed by atoms with Gasteiger partial charge in [-0.3, -0.25) is 9.69 Å². The summed E-state index contributed by atoms with van der Waals surface area (Å²) in [4.78, 5) is 24.9. The topological polar surface area (TPSA) is 46.6 Å². The number of ether oxygens (including phenoxy) is 1. The summed E-state index contributed by atoms with van der Waals surface area (Å²) in [6.07, 6.45) is 2.95. The first-order valence-corrected chi connectivity index (χ1v) is 5.93. The smallest absolute Gasteiger partial charge is 0.414 e. The van der Waals surface area contributed by atoms with Gasteiger partial charge < -0.3 is 4.74 Å². The van der Waals surface area contributed by atoms with Crippen LogP contribution in [0.2, 0.25) is 0 Å². The molecule has 0 radical (unpaired) electrons. The molecule has 4 nitrogen and oxygen atoms in total. The van der Waals surface area contributed by atoms with Crippen LogP contribution in [-0.4, -0.2) is 28.4 Å². The van der Waals surface area contributed by atoms with E-state index in [4.69, 9.17) is 4.74 Å². The van der Waals surface area contributed by atoms with Crippen LogP contribution < -0.4 is 0 Å². The molecule has 0 saturated heterocycles. The van der Waals surface area contributed by atoms with Crippen LogP contribution in [0.3, 0.4) is 0 Å². The van der Waals surface area contributed by atoms with Crippen LogP contribution in [0, 0.1) is 5.92 Å². The quantitative estimate of drug-likeness (QED) is 0.706. The highest BCUT2D eigenvalue weighted by atomic mass is 16.6. The van der Waals surface area contributed by atoms with E-state index in [0.29, 0.717) is 6.42 Å². The molecule has 0 aromatic carbocycles. The van der Waals surface area contributed by atoms with Gasteiger partial charge in [0.05, 0.1) is 0 Å². The van der Waals surface area contributed by atoms with E-state index >= 15 is 0 Å². The maximum atomic E-state index is 12.0. The molecular formula is C13H21NO3. The highest BCUT2D eigenvalue weighted by Crippen LogP contribution is 2.22. The molecule has 0 bridgehead atoms. The molecule has 0 aromatic rings. The van der Waals surface area contributed by atoms with Crippen LogP contribution in [0.4, 0.5) is 4.79 Å². The van der Waals surface area contributed by atoms with E-state index in [0.717, 1.165) is 0 Å². The molecule has 1 atom stereocenters. The van der Waals surface area contributed by atoms with Gasteiger partial charge in [-0.2, -0.15) is 0 Å². The van der Waals surface area contributed by atoms with E-state index in [-0.39, 0.29) is 23.8 Å². The molecule has 0 aromatic heterocycles. The summed E-state index contributed by atoms with van der Waals surface area (Å²) in [5, 5.41) is 0. The fraction of sp³-hybridized carbons (Fsp3) is 0.692. The number of nitrogens with zero attached hydrogens (tertiary/aromatic N) is 1. The van der Waals surface area contributed by atoms with Crippen molar-refractivity contribution >= 4 is 11.9 Å². The summed E-state index contributed by atoms with van der Waals surface area (Å²) in [6, 6.07) is -0.109. The monoisotopic (exact) mass is 239 g/mol. The number of carbonyl (C=O) groups is 2. The third kappa shape index (κ3) is 3.88. The van der Waals surface area contributed by atoms with Crippen LogP contribution in [-0.2, 0) is 9.53 Å². The number of ketones is 1. The lowest BCUT2D eigenvalue weighted by Crippen LogP contribution is -2.45. The van der Waals surface area contributed by atoms with Crippen LogP contribution in [0.5, 0.6) is 0 Å². The average molecular weight is 239 g/mol. The van der Waals surface area contributed by atoms with Crippen molar-refractivity contribution in [2.45, 2.75) is 52.7 Å². The average Bonchev–Trinajstić information content (AvgIpc) is 2.14. The van der Waals surface area contributed by atoms with Gasteiger partial charge in [0.2, 0.25) is 0 Å². The molecule has 0 fully saturated rings. The number of hydrogen-bond acceptors (Lipinski definition) is 3. The lowest BCUT2D eigenvalue weighted by molar-refractivity contribution is -0.116. The number of rotatable bonds is 1. The predicted octanol–water partition coefficient (Wildman–Crippen LogP) is 2.73. The number of hydrogen-bond donors (Lipinski definition) is 0. The summed E-state index contributed by atoms with van der Waals surface area (Å²) in [7, 11) is 0. The van der Waals surface area contributed by atoms with Crippen molar-refractivity contribution < 1.29 is 14.3 Å². The first kappa shape index (κ1) is 13.7. The molecule has 0 spiro atoms. The highest BCUT2D eigenvalue weighted by Gasteiger charge is 2.32. The molecule has 4 heteroatoms. The Morgan fingerprint density at radius 1 is 1.47 bits per heavy atom. The zero-order chi connectivity index (χ0) is 13.2. The first-order valence-electron chi connectivity index (χ1n) is 5.93. The van der Waals surface area contributed by atoms with Crippen molar-refractivity contribution in [3.05, 3.63) is 12.3 Å². The second-order valence-electron chi connectivity index (χ2n) is 5.69. The van der Waals surface area contributed by atoms with Crippen molar-refractivity contribution in [3.8, 4) is 0 Å². The molecule has 0 unspecified atom stereocenters. The molecule has 0 N–H and O–H groups in total. The van der Waals surface area contributed by atoms with Crippen molar-refractivity contribution in [1.82, 2.24) is 4.90 Å². The largest absolute Gasteiger partial charge is 0.443 e. The minimum absolute atomic E-state index is 0.0588. The Morgan fingerprint density at radius 3 is 2.53 bits per heavy atom. The molecule has 17 heavy (non-hydrogen) atoms. The van der Waals surface area contributed by atoms with Gasteiger partial charge in [-0.25, -0.2) is 4.79 Å². The second kappa shape index (κ2) is 4.90. The molecule has 0 aliphatic carbocycles. The first-order chi connectivity index (χ1) is 7.70. The molecule has 0 saturated carbocycles. The lowest BCUT2D eigenvalue weighted by Gasteiger charge is -2.34.